The third-order valence-electron chi connectivity index (χ3n) is 4.23. The summed E-state index contributed by atoms with van der Waals surface area (Å²) in [5, 5.41) is 2.68. The maximum Gasteiger partial charge on any atom is 0.329 e. The van der Waals surface area contributed by atoms with Gasteiger partial charge in [0.15, 0.2) is 5.76 Å². The highest BCUT2D eigenvalue weighted by molar-refractivity contribution is 5.94. The van der Waals surface area contributed by atoms with Crippen molar-refractivity contribution in [1.82, 2.24) is 5.32 Å². The van der Waals surface area contributed by atoms with Crippen LogP contribution in [0.1, 0.15) is 21.7 Å². The Morgan fingerprint density at radius 3 is 2.41 bits per heavy atom. The van der Waals surface area contributed by atoms with Gasteiger partial charge in [0.05, 0.1) is 6.26 Å². The maximum absolute atomic E-state index is 12.6. The number of amides is 1. The third kappa shape index (κ3) is 6.24. The van der Waals surface area contributed by atoms with Gasteiger partial charge in [-0.25, -0.2) is 4.79 Å². The first-order valence-corrected chi connectivity index (χ1v) is 9.36. The van der Waals surface area contributed by atoms with Crippen LogP contribution < -0.4 is 10.1 Å². The Morgan fingerprint density at radius 1 is 0.966 bits per heavy atom. The summed E-state index contributed by atoms with van der Waals surface area (Å²) in [7, 11) is 0. The molecule has 2 aromatic carbocycles. The van der Waals surface area contributed by atoms with Crippen LogP contribution in [0.4, 0.5) is 0 Å². The molecule has 6 heteroatoms. The molecule has 1 aromatic heterocycles. The summed E-state index contributed by atoms with van der Waals surface area (Å²) >= 11 is 0. The first-order valence-electron chi connectivity index (χ1n) is 9.36. The highest BCUT2D eigenvalue weighted by Gasteiger charge is 2.24. The Kier molecular flexibility index (Phi) is 7.05. The van der Waals surface area contributed by atoms with Gasteiger partial charge in [-0.15, -0.1) is 0 Å². The second-order valence-electron chi connectivity index (χ2n) is 6.52. The maximum atomic E-state index is 12.6. The van der Waals surface area contributed by atoms with Crippen LogP contribution in [-0.4, -0.2) is 31.1 Å². The van der Waals surface area contributed by atoms with E-state index in [4.69, 9.17) is 13.9 Å². The van der Waals surface area contributed by atoms with E-state index in [1.54, 1.807) is 6.07 Å². The molecule has 1 heterocycles. The van der Waals surface area contributed by atoms with Gasteiger partial charge in [0, 0.05) is 6.42 Å². The number of nitrogens with one attached hydrogen (secondary N) is 1. The number of aryl methyl sites for hydroxylation is 1. The van der Waals surface area contributed by atoms with E-state index in [2.05, 4.69) is 5.32 Å². The molecule has 1 atom stereocenters. The van der Waals surface area contributed by atoms with Crippen LogP contribution in [0, 0.1) is 6.92 Å². The standard InChI is InChI=1S/C23H23NO5/c1-17-9-11-19(12-10-17)27-14-15-29-23(26)20(16-18-6-3-2-4-7-18)24-22(25)21-8-5-13-28-21/h2-13,20H,14-16H2,1H3,(H,24,25)/t20-/m0/s1. The molecule has 3 aromatic rings. The summed E-state index contributed by atoms with van der Waals surface area (Å²) in [6.07, 6.45) is 1.72. The van der Waals surface area contributed by atoms with Gasteiger partial charge >= 0.3 is 5.97 Å². The summed E-state index contributed by atoms with van der Waals surface area (Å²) in [6.45, 7) is 2.29. The average Bonchev–Trinajstić information content (AvgIpc) is 3.28. The van der Waals surface area contributed by atoms with E-state index in [-0.39, 0.29) is 19.0 Å². The van der Waals surface area contributed by atoms with Crippen LogP contribution in [0.15, 0.2) is 77.4 Å². The second-order valence-corrected chi connectivity index (χ2v) is 6.52. The summed E-state index contributed by atoms with van der Waals surface area (Å²) in [4.78, 5) is 24.9. The molecule has 0 aliphatic carbocycles. The topological polar surface area (TPSA) is 77.8 Å². The van der Waals surface area contributed by atoms with Crippen molar-refractivity contribution in [3.05, 3.63) is 89.9 Å². The predicted octanol–water partition coefficient (Wildman–Crippen LogP) is 3.55. The molecule has 150 valence electrons. The Labute approximate surface area is 169 Å². The zero-order chi connectivity index (χ0) is 20.5. The van der Waals surface area contributed by atoms with Crippen LogP contribution in [-0.2, 0) is 16.0 Å². The first kappa shape index (κ1) is 20.2. The fourth-order valence-corrected chi connectivity index (χ4v) is 2.72. The molecule has 1 amide bonds. The average molecular weight is 393 g/mol. The molecule has 0 unspecified atom stereocenters. The van der Waals surface area contributed by atoms with Gasteiger partial charge in [-0.2, -0.15) is 0 Å². The fourth-order valence-electron chi connectivity index (χ4n) is 2.72. The van der Waals surface area contributed by atoms with Crippen LogP contribution >= 0.6 is 0 Å². The molecule has 0 fully saturated rings. The van der Waals surface area contributed by atoms with Crippen molar-refractivity contribution in [3.8, 4) is 5.75 Å². The molecule has 6 nitrogen and oxygen atoms in total. The molecule has 0 saturated heterocycles. The second kappa shape index (κ2) is 10.1. The first-order chi connectivity index (χ1) is 14.1. The summed E-state index contributed by atoms with van der Waals surface area (Å²) in [5.74, 6) is -0.151. The zero-order valence-corrected chi connectivity index (χ0v) is 16.2. The van der Waals surface area contributed by atoms with Gasteiger partial charge < -0.3 is 19.2 Å². The normalized spacial score (nSPS) is 11.5. The minimum Gasteiger partial charge on any atom is -0.490 e. The minimum absolute atomic E-state index is 0.0780. The van der Waals surface area contributed by atoms with Crippen LogP contribution in [0.3, 0.4) is 0 Å². The number of carbonyl (C=O) groups is 2. The number of carbonyl (C=O) groups excluding carboxylic acids is 2. The quantitative estimate of drug-likeness (QED) is 0.444. The van der Waals surface area contributed by atoms with E-state index in [1.807, 2.05) is 61.5 Å². The van der Waals surface area contributed by atoms with Gasteiger partial charge in [-0.05, 0) is 36.8 Å². The molecule has 0 bridgehead atoms. The number of esters is 1. The molecule has 0 aliphatic heterocycles. The number of ether oxygens (including phenoxy) is 2. The van der Waals surface area contributed by atoms with E-state index < -0.39 is 17.9 Å². The lowest BCUT2D eigenvalue weighted by Gasteiger charge is -2.17. The Hall–Kier alpha value is -3.54. The number of rotatable bonds is 9. The molecule has 0 radical (unpaired) electrons. The number of hydrogen-bond acceptors (Lipinski definition) is 5. The van der Waals surface area contributed by atoms with Crippen LogP contribution in [0.25, 0.3) is 0 Å². The number of furan rings is 1. The SMILES string of the molecule is Cc1ccc(OCCOC(=O)[C@H](Cc2ccccc2)NC(=O)c2ccco2)cc1. The monoisotopic (exact) mass is 393 g/mol. The molecule has 0 aliphatic rings. The fraction of sp³-hybridized carbons (Fsp3) is 0.217. The van der Waals surface area contributed by atoms with Crippen molar-refractivity contribution in [2.45, 2.75) is 19.4 Å². The Bertz CT molecular complexity index is 904. The van der Waals surface area contributed by atoms with Crippen molar-refractivity contribution in [2.75, 3.05) is 13.2 Å². The summed E-state index contributed by atoms with van der Waals surface area (Å²) in [6, 6.07) is 19.3. The molecule has 3 rings (SSSR count). The number of benzene rings is 2. The Morgan fingerprint density at radius 2 is 1.72 bits per heavy atom. The third-order valence-corrected chi connectivity index (χ3v) is 4.23. The number of hydrogen-bond donors (Lipinski definition) is 1. The molecular weight excluding hydrogens is 370 g/mol. The zero-order valence-electron chi connectivity index (χ0n) is 16.2. The predicted molar refractivity (Wildman–Crippen MR) is 108 cm³/mol. The van der Waals surface area contributed by atoms with Gasteiger partial charge in [0.1, 0.15) is 25.0 Å². The van der Waals surface area contributed by atoms with E-state index in [9.17, 15) is 9.59 Å². The summed E-state index contributed by atoms with van der Waals surface area (Å²) in [5.41, 5.74) is 2.05. The molecule has 0 spiro atoms. The van der Waals surface area contributed by atoms with Crippen molar-refractivity contribution in [1.29, 1.82) is 0 Å². The van der Waals surface area contributed by atoms with Crippen molar-refractivity contribution >= 4 is 11.9 Å². The van der Waals surface area contributed by atoms with Gasteiger partial charge in [-0.1, -0.05) is 48.0 Å². The van der Waals surface area contributed by atoms with E-state index in [1.165, 1.54) is 12.3 Å². The smallest absolute Gasteiger partial charge is 0.329 e. The lowest BCUT2D eigenvalue weighted by atomic mass is 10.1. The van der Waals surface area contributed by atoms with E-state index in [0.29, 0.717) is 12.2 Å². The molecular formula is C23H23NO5. The lowest BCUT2D eigenvalue weighted by molar-refractivity contribution is -0.146. The van der Waals surface area contributed by atoms with E-state index in [0.717, 1.165) is 11.1 Å². The van der Waals surface area contributed by atoms with Gasteiger partial charge in [-0.3, -0.25) is 4.79 Å². The lowest BCUT2D eigenvalue weighted by Crippen LogP contribution is -2.43. The van der Waals surface area contributed by atoms with Crippen LogP contribution in [0.5, 0.6) is 5.75 Å². The van der Waals surface area contributed by atoms with Gasteiger partial charge in [0.2, 0.25) is 0 Å². The molecule has 0 saturated carbocycles. The van der Waals surface area contributed by atoms with Crippen molar-refractivity contribution < 1.29 is 23.5 Å². The van der Waals surface area contributed by atoms with Crippen LogP contribution in [0.2, 0.25) is 0 Å². The Balaban J connectivity index is 1.55. The van der Waals surface area contributed by atoms with E-state index >= 15 is 0 Å². The molecule has 1 N–H and O–H groups in total. The van der Waals surface area contributed by atoms with Crippen molar-refractivity contribution in [3.63, 3.8) is 0 Å². The highest BCUT2D eigenvalue weighted by Crippen LogP contribution is 2.11. The summed E-state index contributed by atoms with van der Waals surface area (Å²) < 4.78 is 16.0. The largest absolute Gasteiger partial charge is 0.490 e. The van der Waals surface area contributed by atoms with Crippen molar-refractivity contribution in [2.24, 2.45) is 0 Å². The minimum atomic E-state index is -0.839. The highest BCUT2D eigenvalue weighted by atomic mass is 16.6. The van der Waals surface area contributed by atoms with Gasteiger partial charge in [0.25, 0.3) is 5.91 Å². The molecule has 29 heavy (non-hydrogen) atoms.